The van der Waals surface area contributed by atoms with Gasteiger partial charge in [0.15, 0.2) is 0 Å². The van der Waals surface area contributed by atoms with Crippen molar-refractivity contribution in [2.75, 3.05) is 18.5 Å². The molecule has 1 aromatic carbocycles. The Hall–Kier alpha value is -2.23. The molecule has 3 aromatic rings. The number of aryl methyl sites for hydroxylation is 2. The molecular weight excluding hydrogens is 501 g/mol. The Kier molecular flexibility index (Phi) is 8.16. The maximum atomic E-state index is 15.4. The van der Waals surface area contributed by atoms with Gasteiger partial charge in [-0.2, -0.15) is 10.2 Å². The number of anilines is 1. The zero-order valence-electron chi connectivity index (χ0n) is 23.2. The molecular formula is C28H41FN6P2. The average Bonchev–Trinajstić information content (AvgIpc) is 3.43. The zero-order chi connectivity index (χ0) is 27.1. The lowest BCUT2D eigenvalue weighted by Gasteiger charge is -2.29. The number of aromatic nitrogens is 4. The summed E-state index contributed by atoms with van der Waals surface area (Å²) in [5, 5.41) is 9.66. The first-order valence-corrected chi connectivity index (χ1v) is 14.3. The van der Waals surface area contributed by atoms with Crippen LogP contribution in [0.2, 0.25) is 0 Å². The van der Waals surface area contributed by atoms with E-state index in [1.54, 1.807) is 10.7 Å². The second-order valence-electron chi connectivity index (χ2n) is 10.7. The third kappa shape index (κ3) is 5.78. The molecule has 4 rings (SSSR count). The van der Waals surface area contributed by atoms with Gasteiger partial charge in [0, 0.05) is 49.4 Å². The van der Waals surface area contributed by atoms with E-state index in [1.165, 1.54) is 11.3 Å². The topological polar surface area (TPSA) is 42.1 Å². The molecule has 0 fully saturated rings. The van der Waals surface area contributed by atoms with Gasteiger partial charge in [-0.1, -0.05) is 13.0 Å². The quantitative estimate of drug-likeness (QED) is 0.312. The van der Waals surface area contributed by atoms with Crippen molar-refractivity contribution in [3.8, 4) is 5.69 Å². The molecule has 3 heterocycles. The molecule has 0 amide bonds. The first-order chi connectivity index (χ1) is 17.4. The highest BCUT2D eigenvalue weighted by Crippen LogP contribution is 2.37. The maximum Gasteiger partial charge on any atom is 0.149 e. The molecule has 6 nitrogen and oxygen atoms in total. The predicted octanol–water partition coefficient (Wildman–Crippen LogP) is 6.33. The molecule has 200 valence electrons. The Labute approximate surface area is 225 Å². The number of benzene rings is 1. The van der Waals surface area contributed by atoms with Crippen LogP contribution >= 0.6 is 18.5 Å². The summed E-state index contributed by atoms with van der Waals surface area (Å²) in [5.74, 6) is 0.829. The molecule has 0 N–H and O–H groups in total. The van der Waals surface area contributed by atoms with E-state index in [2.05, 4.69) is 78.9 Å². The van der Waals surface area contributed by atoms with Crippen LogP contribution in [0.3, 0.4) is 0 Å². The van der Waals surface area contributed by atoms with Gasteiger partial charge >= 0.3 is 0 Å². The van der Waals surface area contributed by atoms with E-state index in [0.717, 1.165) is 54.4 Å². The number of rotatable bonds is 8. The smallest absolute Gasteiger partial charge is 0.149 e. The van der Waals surface area contributed by atoms with E-state index in [-0.39, 0.29) is 10.7 Å². The van der Waals surface area contributed by atoms with E-state index in [0.29, 0.717) is 18.3 Å². The van der Waals surface area contributed by atoms with Gasteiger partial charge in [-0.05, 0) is 76.8 Å². The van der Waals surface area contributed by atoms with E-state index in [1.807, 2.05) is 32.0 Å². The summed E-state index contributed by atoms with van der Waals surface area (Å²) in [6.45, 7) is 15.2. The second kappa shape index (κ2) is 10.9. The van der Waals surface area contributed by atoms with Crippen LogP contribution in [0.1, 0.15) is 70.1 Å². The van der Waals surface area contributed by atoms with E-state index >= 15 is 4.39 Å². The van der Waals surface area contributed by atoms with Gasteiger partial charge in [-0.25, -0.2) is 13.8 Å². The number of hydrogen-bond acceptors (Lipinski definition) is 4. The first-order valence-electron chi connectivity index (χ1n) is 13.1. The monoisotopic (exact) mass is 542 g/mol. The number of hydrogen-bond donors (Lipinski definition) is 0. The van der Waals surface area contributed by atoms with Gasteiger partial charge in [0.1, 0.15) is 23.0 Å². The molecule has 2 unspecified atom stereocenters. The molecule has 37 heavy (non-hydrogen) atoms. The van der Waals surface area contributed by atoms with Crippen molar-refractivity contribution in [1.82, 2.24) is 24.5 Å². The molecule has 9 heteroatoms. The van der Waals surface area contributed by atoms with Crippen molar-refractivity contribution in [2.24, 2.45) is 0 Å². The first kappa shape index (κ1) is 27.8. The van der Waals surface area contributed by atoms with Crippen molar-refractivity contribution < 1.29 is 4.39 Å². The lowest BCUT2D eigenvalue weighted by atomic mass is 10.1. The number of nitrogens with zero attached hydrogens (tertiary/aromatic N) is 6. The number of allylic oxidation sites excluding steroid dienone is 1. The molecule has 2 atom stereocenters. The Morgan fingerprint density at radius 1 is 1.16 bits per heavy atom. The van der Waals surface area contributed by atoms with Gasteiger partial charge in [0.05, 0.1) is 11.4 Å². The highest BCUT2D eigenvalue weighted by molar-refractivity contribution is 7.38. The van der Waals surface area contributed by atoms with Crippen molar-refractivity contribution >= 4 is 30.0 Å². The molecule has 1 aliphatic heterocycles. The fourth-order valence-electron chi connectivity index (χ4n) is 4.78. The average molecular weight is 543 g/mol. The van der Waals surface area contributed by atoms with Gasteiger partial charge in [-0.15, -0.1) is 18.5 Å². The van der Waals surface area contributed by atoms with Crippen molar-refractivity contribution in [3.63, 3.8) is 0 Å². The largest absolute Gasteiger partial charge is 0.370 e. The second-order valence-corrected chi connectivity index (χ2v) is 13.8. The molecule has 0 saturated heterocycles. The van der Waals surface area contributed by atoms with E-state index in [9.17, 15) is 0 Å². The Morgan fingerprint density at radius 3 is 2.49 bits per heavy atom. The van der Waals surface area contributed by atoms with Crippen molar-refractivity contribution in [1.29, 1.82) is 0 Å². The fourth-order valence-corrected chi connectivity index (χ4v) is 5.06. The lowest BCUT2D eigenvalue weighted by Crippen LogP contribution is -2.31. The number of halogens is 1. The van der Waals surface area contributed by atoms with Crippen molar-refractivity contribution in [3.05, 3.63) is 64.4 Å². The minimum atomic E-state index is -0.266. The van der Waals surface area contributed by atoms with E-state index < -0.39 is 0 Å². The van der Waals surface area contributed by atoms with Crippen LogP contribution in [0.25, 0.3) is 11.4 Å². The molecule has 0 saturated carbocycles. The lowest BCUT2D eigenvalue weighted by molar-refractivity contribution is 0.391. The summed E-state index contributed by atoms with van der Waals surface area (Å²) in [7, 11) is 7.67. The van der Waals surface area contributed by atoms with Crippen LogP contribution in [-0.4, -0.2) is 44.1 Å². The molecule has 0 spiro atoms. The minimum absolute atomic E-state index is 0.253. The number of fused-ring (bicyclic) bond motifs is 1. The summed E-state index contributed by atoms with van der Waals surface area (Å²) in [6, 6.07) is 10.1. The minimum Gasteiger partial charge on any atom is -0.370 e. The Bertz CT molecular complexity index is 1300. The normalized spacial score (nSPS) is 14.7. The molecule has 0 bridgehead atoms. The highest BCUT2D eigenvalue weighted by Gasteiger charge is 2.25. The fraction of sp³-hybridized carbons (Fsp3) is 0.500. The van der Waals surface area contributed by atoms with Crippen LogP contribution in [-0.2, 0) is 18.0 Å². The summed E-state index contributed by atoms with van der Waals surface area (Å²) < 4.78 is 19.2. The van der Waals surface area contributed by atoms with Crippen LogP contribution in [0.4, 0.5) is 10.2 Å². The maximum absolute atomic E-state index is 15.4. The summed E-state index contributed by atoms with van der Waals surface area (Å²) in [5.41, 5.74) is 6.74. The molecule has 1 aliphatic rings. The van der Waals surface area contributed by atoms with Gasteiger partial charge < -0.3 is 9.80 Å². The predicted molar refractivity (Wildman–Crippen MR) is 159 cm³/mol. The van der Waals surface area contributed by atoms with Crippen LogP contribution in [0.5, 0.6) is 0 Å². The third-order valence-electron chi connectivity index (χ3n) is 7.24. The SMILES string of the molecule is CC/C(C)=C(/c1cc2n(n1)CCCN2Cc1ccc(-n2nc(C(C)(P)P)cc2C)c(F)c1)N(C)C(C)C. The highest BCUT2D eigenvalue weighted by atomic mass is 31.1. The van der Waals surface area contributed by atoms with Crippen LogP contribution < -0.4 is 4.90 Å². The standard InChI is InChI=1S/C28H41FN6P2/c1-8-19(4)27(32(7)18(2)3)23-16-26-33(12-9-13-34(26)30-23)17-21-10-11-24(22(29)15-21)35-20(5)14-25(31-35)28(6,36)37/h10-11,14-16,18H,8-9,12-13,17,36-37H2,1-7H3/b27-19-. The molecule has 0 radical (unpaired) electrons. The van der Waals surface area contributed by atoms with Crippen LogP contribution in [0, 0.1) is 12.7 Å². The van der Waals surface area contributed by atoms with Crippen LogP contribution in [0.15, 0.2) is 35.9 Å². The zero-order valence-corrected chi connectivity index (χ0v) is 25.5. The van der Waals surface area contributed by atoms with Gasteiger partial charge in [0.25, 0.3) is 0 Å². The molecule has 0 aliphatic carbocycles. The van der Waals surface area contributed by atoms with Gasteiger partial charge in [-0.3, -0.25) is 0 Å². The Balaban J connectivity index is 1.61. The van der Waals surface area contributed by atoms with Crippen molar-refractivity contribution in [2.45, 2.75) is 78.4 Å². The summed E-state index contributed by atoms with van der Waals surface area (Å²) in [6.07, 6.45) is 1.99. The van der Waals surface area contributed by atoms with E-state index in [4.69, 9.17) is 5.10 Å². The molecule has 2 aromatic heterocycles. The van der Waals surface area contributed by atoms with Gasteiger partial charge in [0.2, 0.25) is 0 Å². The summed E-state index contributed by atoms with van der Waals surface area (Å²) in [4.78, 5) is 4.37. The Morgan fingerprint density at radius 2 is 1.89 bits per heavy atom. The third-order valence-corrected chi connectivity index (χ3v) is 7.83. The summed E-state index contributed by atoms with van der Waals surface area (Å²) >= 11 is 0.